The third-order valence-electron chi connectivity index (χ3n) is 3.51. The van der Waals surface area contributed by atoms with Crippen molar-refractivity contribution in [1.29, 1.82) is 0 Å². The Bertz CT molecular complexity index is 714. The summed E-state index contributed by atoms with van der Waals surface area (Å²) in [5.41, 5.74) is 4.29. The third kappa shape index (κ3) is 6.51. The number of ether oxygens (including phenoxy) is 1. The van der Waals surface area contributed by atoms with Crippen molar-refractivity contribution in [3.63, 3.8) is 0 Å². The van der Waals surface area contributed by atoms with E-state index in [1.54, 1.807) is 25.2 Å². The van der Waals surface area contributed by atoms with E-state index in [0.717, 1.165) is 17.7 Å². The van der Waals surface area contributed by atoms with Crippen molar-refractivity contribution in [2.45, 2.75) is 38.0 Å². The van der Waals surface area contributed by atoms with Gasteiger partial charge in [0.2, 0.25) is 0 Å². The summed E-state index contributed by atoms with van der Waals surface area (Å²) >= 11 is 0. The van der Waals surface area contributed by atoms with E-state index in [-0.39, 0.29) is 12.0 Å². The Morgan fingerprint density at radius 1 is 1.42 bits per heavy atom. The number of hydrogen-bond acceptors (Lipinski definition) is 5. The molecule has 6 nitrogen and oxygen atoms in total. The summed E-state index contributed by atoms with van der Waals surface area (Å²) in [5.74, 6) is -1.26. The highest BCUT2D eigenvalue weighted by Crippen LogP contribution is 2.25. The number of alkyl halides is 3. The van der Waals surface area contributed by atoms with Gasteiger partial charge in [0, 0.05) is 18.4 Å². The molecule has 142 valence electrons. The van der Waals surface area contributed by atoms with E-state index < -0.39 is 29.8 Å². The van der Waals surface area contributed by atoms with Crippen LogP contribution in [0.3, 0.4) is 0 Å². The zero-order valence-corrected chi connectivity index (χ0v) is 13.9. The van der Waals surface area contributed by atoms with Crippen molar-refractivity contribution in [2.75, 3.05) is 0 Å². The topological polar surface area (TPSA) is 90.8 Å². The first-order valence-corrected chi connectivity index (χ1v) is 7.73. The normalized spacial score (nSPS) is 21.1. The van der Waals surface area contributed by atoms with Crippen LogP contribution < -0.4 is 15.6 Å². The van der Waals surface area contributed by atoms with Crippen LogP contribution in [0, 0.1) is 0 Å². The summed E-state index contributed by atoms with van der Waals surface area (Å²) in [6, 6.07) is 4.55. The van der Waals surface area contributed by atoms with Crippen molar-refractivity contribution < 1.29 is 32.9 Å². The Balaban J connectivity index is 1.87. The molecule has 0 fully saturated rings. The molecule has 0 aromatic heterocycles. The van der Waals surface area contributed by atoms with Gasteiger partial charge in [-0.2, -0.15) is 0 Å². The highest BCUT2D eigenvalue weighted by Gasteiger charge is 2.31. The molecule has 4 N–H and O–H groups in total. The molecule has 0 saturated heterocycles. The second-order valence-electron chi connectivity index (χ2n) is 6.11. The number of allylic oxidation sites excluding steroid dienone is 2. The van der Waals surface area contributed by atoms with E-state index in [1.807, 2.05) is 0 Å². The highest BCUT2D eigenvalue weighted by atomic mass is 19.4. The van der Waals surface area contributed by atoms with Gasteiger partial charge in [0.15, 0.2) is 0 Å². The van der Waals surface area contributed by atoms with E-state index in [0.29, 0.717) is 6.42 Å². The van der Waals surface area contributed by atoms with Gasteiger partial charge in [-0.3, -0.25) is 10.2 Å². The van der Waals surface area contributed by atoms with Crippen LogP contribution in [-0.4, -0.2) is 34.3 Å². The second-order valence-corrected chi connectivity index (χ2v) is 6.11. The van der Waals surface area contributed by atoms with Crippen LogP contribution in [0.15, 0.2) is 48.1 Å². The van der Waals surface area contributed by atoms with Crippen LogP contribution in [0.4, 0.5) is 13.2 Å². The fourth-order valence-corrected chi connectivity index (χ4v) is 2.46. The Hall–Kier alpha value is -2.36. The molecule has 9 heteroatoms. The number of nitrogens with one attached hydrogen (secondary N) is 2. The lowest BCUT2D eigenvalue weighted by atomic mass is 9.90. The third-order valence-corrected chi connectivity index (χ3v) is 3.51. The van der Waals surface area contributed by atoms with Crippen molar-refractivity contribution in [1.82, 2.24) is 10.9 Å². The number of amides is 1. The highest BCUT2D eigenvalue weighted by molar-refractivity contribution is 5.94. The summed E-state index contributed by atoms with van der Waals surface area (Å²) in [6.45, 7) is 1.63. The molecule has 1 aromatic rings. The van der Waals surface area contributed by atoms with Crippen LogP contribution in [-0.2, 0) is 0 Å². The maximum absolute atomic E-state index is 12.2. The van der Waals surface area contributed by atoms with Gasteiger partial charge in [-0.25, -0.2) is 5.43 Å². The molecule has 0 saturated carbocycles. The molecule has 0 heterocycles. The standard InChI is InChI=1S/C17H19F3N2O4/c1-16(25)7-3-4-11(10-16)8-14(23)21-22-15(24)12-5-2-6-13(9-12)26-17(18,19)20/h2-7,9,14,21,23,25H,8,10H2,1H3,(H,22,24). The lowest BCUT2D eigenvalue weighted by molar-refractivity contribution is -0.274. The monoisotopic (exact) mass is 372 g/mol. The molecule has 1 aromatic carbocycles. The summed E-state index contributed by atoms with van der Waals surface area (Å²) in [4.78, 5) is 12.0. The fourth-order valence-electron chi connectivity index (χ4n) is 2.46. The first-order chi connectivity index (χ1) is 12.0. The maximum Gasteiger partial charge on any atom is 0.573 e. The molecule has 2 unspecified atom stereocenters. The summed E-state index contributed by atoms with van der Waals surface area (Å²) < 4.78 is 40.4. The minimum atomic E-state index is -4.85. The molecule has 2 atom stereocenters. The zero-order chi connectivity index (χ0) is 19.4. The molecule has 0 aliphatic heterocycles. The molecule has 0 spiro atoms. The zero-order valence-electron chi connectivity index (χ0n) is 13.9. The molecule has 0 radical (unpaired) electrons. The Morgan fingerprint density at radius 3 is 2.81 bits per heavy atom. The van der Waals surface area contributed by atoms with Gasteiger partial charge in [0.05, 0.1) is 5.60 Å². The average molecular weight is 372 g/mol. The van der Waals surface area contributed by atoms with Crippen molar-refractivity contribution in [3.8, 4) is 5.75 Å². The van der Waals surface area contributed by atoms with Crippen molar-refractivity contribution >= 4 is 5.91 Å². The predicted octanol–water partition coefficient (Wildman–Crippen LogP) is 2.17. The number of benzene rings is 1. The SMILES string of the molecule is CC1(O)C=CC=C(CC(O)NNC(=O)c2cccc(OC(F)(F)F)c2)C1. The summed E-state index contributed by atoms with van der Waals surface area (Å²) in [5, 5.41) is 19.9. The number of carbonyl (C=O) groups excluding carboxylic acids is 1. The molecule has 0 bridgehead atoms. The van der Waals surface area contributed by atoms with Gasteiger partial charge in [-0.15, -0.1) is 13.2 Å². The molecule has 1 amide bonds. The van der Waals surface area contributed by atoms with Gasteiger partial charge in [0.25, 0.3) is 5.91 Å². The predicted molar refractivity (Wildman–Crippen MR) is 86.8 cm³/mol. The van der Waals surface area contributed by atoms with Gasteiger partial charge >= 0.3 is 6.36 Å². The van der Waals surface area contributed by atoms with Crippen LogP contribution in [0.5, 0.6) is 5.75 Å². The number of hydrogen-bond donors (Lipinski definition) is 4. The first kappa shape index (κ1) is 20.0. The quantitative estimate of drug-likeness (QED) is 0.454. The lowest BCUT2D eigenvalue weighted by Gasteiger charge is -2.25. The lowest BCUT2D eigenvalue weighted by Crippen LogP contribution is -2.44. The average Bonchev–Trinajstić information content (AvgIpc) is 2.50. The van der Waals surface area contributed by atoms with E-state index in [2.05, 4.69) is 15.6 Å². The Labute approximate surface area is 147 Å². The van der Waals surface area contributed by atoms with Gasteiger partial charge in [-0.05, 0) is 25.1 Å². The number of rotatable bonds is 6. The number of carbonyl (C=O) groups is 1. The van der Waals surface area contributed by atoms with E-state index >= 15 is 0 Å². The summed E-state index contributed by atoms with van der Waals surface area (Å²) in [7, 11) is 0. The minimum Gasteiger partial charge on any atom is -0.406 e. The second kappa shape index (κ2) is 7.90. The largest absolute Gasteiger partial charge is 0.573 e. The smallest absolute Gasteiger partial charge is 0.406 e. The number of aliphatic hydroxyl groups excluding tert-OH is 1. The van der Waals surface area contributed by atoms with Gasteiger partial charge in [0.1, 0.15) is 12.0 Å². The molecule has 2 rings (SSSR count). The van der Waals surface area contributed by atoms with E-state index in [9.17, 15) is 28.2 Å². The van der Waals surface area contributed by atoms with Crippen LogP contribution in [0.2, 0.25) is 0 Å². The van der Waals surface area contributed by atoms with Crippen LogP contribution in [0.25, 0.3) is 0 Å². The number of aliphatic hydroxyl groups is 2. The molecule has 26 heavy (non-hydrogen) atoms. The van der Waals surface area contributed by atoms with Gasteiger partial charge < -0.3 is 14.9 Å². The van der Waals surface area contributed by atoms with Crippen molar-refractivity contribution in [2.24, 2.45) is 0 Å². The molecule has 1 aliphatic carbocycles. The molecule has 1 aliphatic rings. The Morgan fingerprint density at radius 2 is 2.15 bits per heavy atom. The molecular weight excluding hydrogens is 353 g/mol. The van der Waals surface area contributed by atoms with Crippen molar-refractivity contribution in [3.05, 3.63) is 53.6 Å². The first-order valence-electron chi connectivity index (χ1n) is 7.73. The number of halogens is 3. The maximum atomic E-state index is 12.2. The van der Waals surface area contributed by atoms with E-state index in [1.165, 1.54) is 12.1 Å². The van der Waals surface area contributed by atoms with Crippen LogP contribution >= 0.6 is 0 Å². The minimum absolute atomic E-state index is 0.0748. The molecular formula is C17H19F3N2O4. The Kier molecular flexibility index (Phi) is 6.06. The number of hydrazine groups is 1. The van der Waals surface area contributed by atoms with E-state index in [4.69, 9.17) is 0 Å². The van der Waals surface area contributed by atoms with Gasteiger partial charge in [-0.1, -0.05) is 29.9 Å². The summed E-state index contributed by atoms with van der Waals surface area (Å²) in [6.07, 6.45) is -0.438. The fraction of sp³-hybridized carbons (Fsp3) is 0.353. The van der Waals surface area contributed by atoms with Crippen LogP contribution in [0.1, 0.15) is 30.1 Å².